The maximum Gasteiger partial charge on any atom is 0.354 e. The van der Waals surface area contributed by atoms with Crippen LogP contribution in [0.15, 0.2) is 54.6 Å². The lowest BCUT2D eigenvalue weighted by Crippen LogP contribution is -2.58. The third kappa shape index (κ3) is 5.12. The van der Waals surface area contributed by atoms with Gasteiger partial charge in [0.1, 0.15) is 11.6 Å². The summed E-state index contributed by atoms with van der Waals surface area (Å²) < 4.78 is 19.0. The molecule has 1 N–H and O–H groups in total. The number of aromatic nitrogens is 1. The second-order valence-corrected chi connectivity index (χ2v) is 8.42. The molecule has 1 aliphatic heterocycles. The van der Waals surface area contributed by atoms with Crippen molar-refractivity contribution in [3.8, 4) is 5.75 Å². The number of hydrogen-bond acceptors (Lipinski definition) is 5. The lowest BCUT2D eigenvalue weighted by Gasteiger charge is -2.44. The van der Waals surface area contributed by atoms with Gasteiger partial charge in [-0.15, -0.1) is 0 Å². The van der Waals surface area contributed by atoms with E-state index in [0.717, 1.165) is 5.56 Å². The molecule has 8 heteroatoms. The number of carbonyl (C=O) groups excluding carboxylic acids is 1. The predicted octanol–water partition coefficient (Wildman–Crippen LogP) is 3.57. The number of carboxylic acid groups (broad SMARTS) is 1. The second kappa shape index (κ2) is 9.54. The van der Waals surface area contributed by atoms with Gasteiger partial charge < -0.3 is 14.7 Å². The van der Waals surface area contributed by atoms with Crippen molar-refractivity contribution in [3.63, 3.8) is 0 Å². The molecule has 0 spiro atoms. The average molecular weight is 451 g/mol. The number of hydrogen-bond donors (Lipinski definition) is 1. The van der Waals surface area contributed by atoms with E-state index in [-0.39, 0.29) is 36.1 Å². The largest absolute Gasteiger partial charge is 0.483 e. The van der Waals surface area contributed by atoms with Crippen LogP contribution in [0.4, 0.5) is 4.39 Å². The van der Waals surface area contributed by atoms with E-state index in [1.807, 2.05) is 13.0 Å². The van der Waals surface area contributed by atoms with E-state index in [1.165, 1.54) is 18.2 Å². The summed E-state index contributed by atoms with van der Waals surface area (Å²) in [4.78, 5) is 32.6. The molecule has 0 radical (unpaired) electrons. The third-order valence-electron chi connectivity index (χ3n) is 5.98. The molecule has 0 aliphatic carbocycles. The van der Waals surface area contributed by atoms with Crippen molar-refractivity contribution in [2.45, 2.75) is 32.5 Å². The van der Waals surface area contributed by atoms with Gasteiger partial charge in [0.05, 0.1) is 5.52 Å². The number of aromatic carboxylic acids is 1. The SMILES string of the molecule is C[C@@H]1CN(C(=O)COc2cc(C(=O)O)nc3ccccc23)[C@@H](C)CN1Cc1ccc(F)cc1. The Morgan fingerprint density at radius 3 is 2.55 bits per heavy atom. The van der Waals surface area contributed by atoms with Crippen LogP contribution in [-0.4, -0.2) is 63.5 Å². The molecular weight excluding hydrogens is 425 g/mol. The van der Waals surface area contributed by atoms with Crippen LogP contribution in [0.25, 0.3) is 10.9 Å². The zero-order valence-corrected chi connectivity index (χ0v) is 18.6. The Bertz CT molecular complexity index is 1170. The van der Waals surface area contributed by atoms with E-state index in [0.29, 0.717) is 36.3 Å². The van der Waals surface area contributed by atoms with Gasteiger partial charge in [0, 0.05) is 43.2 Å². The number of carbonyl (C=O) groups is 2. The first-order chi connectivity index (χ1) is 15.8. The maximum absolute atomic E-state index is 13.2. The Morgan fingerprint density at radius 1 is 1.09 bits per heavy atom. The first kappa shape index (κ1) is 22.7. The van der Waals surface area contributed by atoms with Crippen LogP contribution in [-0.2, 0) is 11.3 Å². The van der Waals surface area contributed by atoms with Gasteiger partial charge in [-0.3, -0.25) is 9.69 Å². The highest BCUT2D eigenvalue weighted by Crippen LogP contribution is 2.26. The minimum Gasteiger partial charge on any atom is -0.483 e. The number of rotatable bonds is 6. The molecule has 172 valence electrons. The lowest BCUT2D eigenvalue weighted by molar-refractivity contribution is -0.139. The van der Waals surface area contributed by atoms with E-state index in [2.05, 4.69) is 16.8 Å². The topological polar surface area (TPSA) is 83.0 Å². The molecule has 1 saturated heterocycles. The van der Waals surface area contributed by atoms with Crippen LogP contribution in [0.2, 0.25) is 0 Å². The summed E-state index contributed by atoms with van der Waals surface area (Å²) in [5.74, 6) is -1.25. The van der Waals surface area contributed by atoms with Crippen molar-refractivity contribution in [2.24, 2.45) is 0 Å². The molecule has 33 heavy (non-hydrogen) atoms. The fourth-order valence-electron chi connectivity index (χ4n) is 4.19. The molecule has 1 aromatic heterocycles. The first-order valence-corrected chi connectivity index (χ1v) is 10.9. The zero-order valence-electron chi connectivity index (χ0n) is 18.6. The zero-order chi connectivity index (χ0) is 23.5. The second-order valence-electron chi connectivity index (χ2n) is 8.42. The average Bonchev–Trinajstić information content (AvgIpc) is 2.80. The highest BCUT2D eigenvalue weighted by atomic mass is 19.1. The number of amides is 1. The van der Waals surface area contributed by atoms with Gasteiger partial charge in [-0.1, -0.05) is 24.3 Å². The predicted molar refractivity (Wildman–Crippen MR) is 122 cm³/mol. The molecule has 1 aliphatic rings. The third-order valence-corrected chi connectivity index (χ3v) is 5.98. The highest BCUT2D eigenvalue weighted by molar-refractivity contribution is 5.93. The molecule has 1 amide bonds. The van der Waals surface area contributed by atoms with Crippen molar-refractivity contribution in [3.05, 3.63) is 71.7 Å². The van der Waals surface area contributed by atoms with Gasteiger partial charge in [-0.05, 0) is 43.7 Å². The summed E-state index contributed by atoms with van der Waals surface area (Å²) in [5, 5.41) is 10.00. The van der Waals surface area contributed by atoms with Crippen LogP contribution in [0.3, 0.4) is 0 Å². The molecule has 2 aromatic carbocycles. The summed E-state index contributed by atoms with van der Waals surface area (Å²) in [6.07, 6.45) is 0. The molecule has 0 saturated carbocycles. The number of benzene rings is 2. The monoisotopic (exact) mass is 451 g/mol. The van der Waals surface area contributed by atoms with Crippen LogP contribution < -0.4 is 4.74 Å². The van der Waals surface area contributed by atoms with E-state index < -0.39 is 5.97 Å². The fourth-order valence-corrected chi connectivity index (χ4v) is 4.19. The van der Waals surface area contributed by atoms with Crippen LogP contribution in [0.5, 0.6) is 5.75 Å². The normalized spacial score (nSPS) is 18.9. The number of para-hydroxylation sites is 1. The van der Waals surface area contributed by atoms with Crippen molar-refractivity contribution < 1.29 is 23.8 Å². The first-order valence-electron chi connectivity index (χ1n) is 10.9. The standard InChI is InChI=1S/C25H26FN3O4/c1-16-13-29(17(2)12-28(16)14-18-7-9-19(26)10-8-18)24(30)15-33-23-11-22(25(31)32)27-21-6-4-3-5-20(21)23/h3-11,16-17H,12-15H2,1-2H3,(H,31,32)/t16-,17+/m1/s1. The Hall–Kier alpha value is -3.52. The molecule has 0 bridgehead atoms. The van der Waals surface area contributed by atoms with Gasteiger partial charge in [0.2, 0.25) is 0 Å². The minimum absolute atomic E-state index is 0.0264. The molecule has 3 aromatic rings. The number of ether oxygens (including phenoxy) is 1. The Labute approximate surface area is 191 Å². The number of carboxylic acids is 1. The number of halogens is 1. The van der Waals surface area contributed by atoms with E-state index >= 15 is 0 Å². The van der Waals surface area contributed by atoms with Crippen LogP contribution in [0, 0.1) is 5.82 Å². The quantitative estimate of drug-likeness (QED) is 0.617. The molecule has 7 nitrogen and oxygen atoms in total. The molecule has 4 rings (SSSR count). The van der Waals surface area contributed by atoms with Crippen molar-refractivity contribution in [1.82, 2.24) is 14.8 Å². The van der Waals surface area contributed by atoms with Crippen LogP contribution >= 0.6 is 0 Å². The van der Waals surface area contributed by atoms with Crippen molar-refractivity contribution in [2.75, 3.05) is 19.7 Å². The summed E-state index contributed by atoms with van der Waals surface area (Å²) >= 11 is 0. The summed E-state index contributed by atoms with van der Waals surface area (Å²) in [6.45, 7) is 5.78. The van der Waals surface area contributed by atoms with Gasteiger partial charge in [-0.2, -0.15) is 0 Å². The fraction of sp³-hybridized carbons (Fsp3) is 0.320. The van der Waals surface area contributed by atoms with Crippen LogP contribution in [0.1, 0.15) is 29.9 Å². The van der Waals surface area contributed by atoms with E-state index in [4.69, 9.17) is 4.74 Å². The highest BCUT2D eigenvalue weighted by Gasteiger charge is 2.32. The number of fused-ring (bicyclic) bond motifs is 1. The summed E-state index contributed by atoms with van der Waals surface area (Å²) in [5.41, 5.74) is 1.39. The summed E-state index contributed by atoms with van der Waals surface area (Å²) in [7, 11) is 0. The van der Waals surface area contributed by atoms with Gasteiger partial charge in [0.25, 0.3) is 5.91 Å². The molecule has 2 heterocycles. The minimum atomic E-state index is -1.16. The number of pyridine rings is 1. The molecule has 1 fully saturated rings. The van der Waals surface area contributed by atoms with E-state index in [1.54, 1.807) is 35.2 Å². The molecular formula is C25H26FN3O4. The van der Waals surface area contributed by atoms with Crippen molar-refractivity contribution >= 4 is 22.8 Å². The Kier molecular flexibility index (Phi) is 6.55. The maximum atomic E-state index is 13.2. The van der Waals surface area contributed by atoms with Gasteiger partial charge >= 0.3 is 5.97 Å². The number of nitrogens with zero attached hydrogens (tertiary/aromatic N) is 3. The summed E-state index contributed by atoms with van der Waals surface area (Å²) in [6, 6.07) is 15.0. The van der Waals surface area contributed by atoms with E-state index in [9.17, 15) is 19.1 Å². The lowest BCUT2D eigenvalue weighted by atomic mass is 10.1. The smallest absolute Gasteiger partial charge is 0.354 e. The van der Waals surface area contributed by atoms with Gasteiger partial charge in [0.15, 0.2) is 12.3 Å². The Morgan fingerprint density at radius 2 is 1.82 bits per heavy atom. The van der Waals surface area contributed by atoms with Gasteiger partial charge in [-0.25, -0.2) is 14.2 Å². The van der Waals surface area contributed by atoms with Crippen molar-refractivity contribution in [1.29, 1.82) is 0 Å². The molecule has 0 unspecified atom stereocenters. The Balaban J connectivity index is 1.42. The number of piperazine rings is 1. The molecule has 2 atom stereocenters.